The average Bonchev–Trinajstić information content (AvgIpc) is 3.14. The van der Waals surface area contributed by atoms with Crippen molar-refractivity contribution < 1.29 is 18.3 Å². The molecule has 9 nitrogen and oxygen atoms in total. The Balaban J connectivity index is 1.74. The van der Waals surface area contributed by atoms with E-state index in [-0.39, 0.29) is 32.5 Å². The van der Waals surface area contributed by atoms with Gasteiger partial charge < -0.3 is 15.6 Å². The van der Waals surface area contributed by atoms with E-state index >= 15 is 0 Å². The number of phenolic OH excluding ortho intramolecular Hbond substituents is 1. The lowest BCUT2D eigenvalue weighted by Crippen LogP contribution is -2.06. The van der Waals surface area contributed by atoms with Gasteiger partial charge in [0.1, 0.15) is 16.2 Å². The quantitative estimate of drug-likeness (QED) is 0.346. The lowest BCUT2D eigenvalue weighted by atomic mass is 10.2. The number of nitrogen functional groups attached to an aromatic ring is 1. The summed E-state index contributed by atoms with van der Waals surface area (Å²) < 4.78 is 33.9. The van der Waals surface area contributed by atoms with Crippen molar-refractivity contribution in [2.24, 2.45) is 5.10 Å². The molecule has 0 fully saturated rings. The summed E-state index contributed by atoms with van der Waals surface area (Å²) in [5, 5.41) is 14.4. The van der Waals surface area contributed by atoms with Crippen LogP contribution in [-0.2, 0) is 9.84 Å². The minimum Gasteiger partial charge on any atom is -0.504 e. The van der Waals surface area contributed by atoms with Crippen LogP contribution in [-0.4, -0.2) is 41.0 Å². The van der Waals surface area contributed by atoms with E-state index in [4.69, 9.17) is 10.5 Å². The second kappa shape index (κ2) is 8.73. The van der Waals surface area contributed by atoms with E-state index in [1.54, 1.807) is 48.5 Å². The molecule has 176 valence electrons. The van der Waals surface area contributed by atoms with E-state index in [2.05, 4.69) is 15.1 Å². The van der Waals surface area contributed by atoms with Crippen LogP contribution in [0.15, 0.2) is 87.7 Å². The van der Waals surface area contributed by atoms with Crippen LogP contribution in [0.4, 0.5) is 5.82 Å². The molecule has 2 heterocycles. The summed E-state index contributed by atoms with van der Waals surface area (Å²) in [6.07, 6.45) is 1.48. The molecule has 3 aromatic carbocycles. The van der Waals surface area contributed by atoms with Gasteiger partial charge in [-0.15, -0.1) is 0 Å². The molecule has 0 bridgehead atoms. The predicted molar refractivity (Wildman–Crippen MR) is 134 cm³/mol. The SMILES string of the molecule is CCOc1cc(/C=N/n2c(N)c(S(=O)(=O)c3ccccc3)c3nc4ccccc4nc32)ccc1O. The number of aromatic nitrogens is 3. The molecule has 0 atom stereocenters. The molecule has 0 unspecified atom stereocenters. The summed E-state index contributed by atoms with van der Waals surface area (Å²) in [6, 6.07) is 19.9. The molecule has 0 saturated carbocycles. The predicted octanol–water partition coefficient (Wildman–Crippen LogP) is 3.99. The zero-order chi connectivity index (χ0) is 24.6. The molecular weight excluding hydrogens is 466 g/mol. The Morgan fingerprint density at radius 3 is 2.43 bits per heavy atom. The van der Waals surface area contributed by atoms with Crippen LogP contribution in [0.1, 0.15) is 12.5 Å². The van der Waals surface area contributed by atoms with Gasteiger partial charge >= 0.3 is 0 Å². The number of anilines is 1. The summed E-state index contributed by atoms with van der Waals surface area (Å²) in [7, 11) is -4.02. The van der Waals surface area contributed by atoms with Crippen LogP contribution in [0.2, 0.25) is 0 Å². The molecular formula is C25H21N5O4S. The fourth-order valence-electron chi connectivity index (χ4n) is 3.73. The van der Waals surface area contributed by atoms with Gasteiger partial charge in [0.05, 0.1) is 28.8 Å². The molecule has 0 aliphatic carbocycles. The van der Waals surface area contributed by atoms with E-state index in [1.165, 1.54) is 29.1 Å². The Bertz CT molecular complexity index is 1700. The Morgan fingerprint density at radius 2 is 1.71 bits per heavy atom. The first kappa shape index (κ1) is 22.4. The van der Waals surface area contributed by atoms with E-state index in [0.717, 1.165) is 0 Å². The number of ether oxygens (including phenoxy) is 1. The van der Waals surface area contributed by atoms with E-state index in [9.17, 15) is 13.5 Å². The smallest absolute Gasteiger partial charge is 0.212 e. The van der Waals surface area contributed by atoms with Crippen molar-refractivity contribution in [3.05, 3.63) is 78.4 Å². The largest absolute Gasteiger partial charge is 0.504 e. The number of hydrogen-bond acceptors (Lipinski definition) is 8. The topological polar surface area (TPSA) is 133 Å². The first-order chi connectivity index (χ1) is 16.9. The number of rotatable bonds is 6. The van der Waals surface area contributed by atoms with Crippen LogP contribution in [0.3, 0.4) is 0 Å². The van der Waals surface area contributed by atoms with Crippen molar-refractivity contribution in [2.45, 2.75) is 16.7 Å². The van der Waals surface area contributed by atoms with Gasteiger partial charge in [-0.25, -0.2) is 18.4 Å². The number of phenols is 1. The number of nitrogens with two attached hydrogens (primary N) is 1. The van der Waals surface area contributed by atoms with Crippen molar-refractivity contribution in [3.8, 4) is 11.5 Å². The van der Waals surface area contributed by atoms with Crippen LogP contribution in [0.25, 0.3) is 22.2 Å². The Kier molecular flexibility index (Phi) is 5.58. The maximum Gasteiger partial charge on any atom is 0.212 e. The first-order valence-corrected chi connectivity index (χ1v) is 12.3. The van der Waals surface area contributed by atoms with Crippen molar-refractivity contribution >= 4 is 44.1 Å². The number of aromatic hydroxyl groups is 1. The molecule has 35 heavy (non-hydrogen) atoms. The van der Waals surface area contributed by atoms with Crippen LogP contribution in [0.5, 0.6) is 11.5 Å². The van der Waals surface area contributed by atoms with Crippen molar-refractivity contribution in [1.29, 1.82) is 0 Å². The highest BCUT2D eigenvalue weighted by atomic mass is 32.2. The normalized spacial score (nSPS) is 12.0. The maximum absolute atomic E-state index is 13.6. The van der Waals surface area contributed by atoms with E-state index in [0.29, 0.717) is 29.0 Å². The van der Waals surface area contributed by atoms with Gasteiger partial charge in [0.25, 0.3) is 0 Å². The summed E-state index contributed by atoms with van der Waals surface area (Å²) in [5.74, 6) is 0.197. The average molecular weight is 488 g/mol. The van der Waals surface area contributed by atoms with Gasteiger partial charge in [0, 0.05) is 0 Å². The molecule has 0 aliphatic heterocycles. The Morgan fingerprint density at radius 1 is 1.03 bits per heavy atom. The van der Waals surface area contributed by atoms with Gasteiger partial charge in [-0.05, 0) is 55.0 Å². The monoisotopic (exact) mass is 487 g/mol. The molecule has 0 amide bonds. The van der Waals surface area contributed by atoms with Crippen LogP contribution >= 0.6 is 0 Å². The Labute approximate surface area is 201 Å². The van der Waals surface area contributed by atoms with Gasteiger partial charge in [-0.3, -0.25) is 0 Å². The van der Waals surface area contributed by atoms with Gasteiger partial charge in [-0.2, -0.15) is 9.78 Å². The number of para-hydroxylation sites is 2. The van der Waals surface area contributed by atoms with Crippen LogP contribution < -0.4 is 10.5 Å². The zero-order valence-electron chi connectivity index (χ0n) is 18.7. The van der Waals surface area contributed by atoms with E-state index in [1.807, 2.05) is 13.0 Å². The standard InChI is InChI=1S/C25H21N5O4S/c1-2-34-21-14-16(12-13-20(21)31)15-27-30-24(26)23(35(32,33)17-8-4-3-5-9-17)22-25(30)29-19-11-7-6-10-18(19)28-22/h3-15,31H,2,26H2,1H3/b27-15+. The summed E-state index contributed by atoms with van der Waals surface area (Å²) in [6.45, 7) is 2.19. The molecule has 0 spiro atoms. The number of hydrogen-bond donors (Lipinski definition) is 2. The summed E-state index contributed by atoms with van der Waals surface area (Å²) in [4.78, 5) is 9.13. The highest BCUT2D eigenvalue weighted by Crippen LogP contribution is 2.35. The second-order valence-electron chi connectivity index (χ2n) is 7.63. The minimum absolute atomic E-state index is 0.00325. The van der Waals surface area contributed by atoms with Crippen LogP contribution in [0, 0.1) is 0 Å². The first-order valence-electron chi connectivity index (χ1n) is 10.8. The molecule has 10 heteroatoms. The fraction of sp³-hybridized carbons (Fsp3) is 0.0800. The molecule has 5 aromatic rings. The van der Waals surface area contributed by atoms with Gasteiger partial charge in [-0.1, -0.05) is 30.3 Å². The van der Waals surface area contributed by atoms with Gasteiger partial charge in [0.2, 0.25) is 9.84 Å². The third kappa shape index (κ3) is 3.93. The summed E-state index contributed by atoms with van der Waals surface area (Å²) >= 11 is 0. The third-order valence-electron chi connectivity index (χ3n) is 5.36. The minimum atomic E-state index is -4.02. The fourth-order valence-corrected chi connectivity index (χ4v) is 5.23. The highest BCUT2D eigenvalue weighted by Gasteiger charge is 2.30. The molecule has 3 N–H and O–H groups in total. The molecule has 0 aliphatic rings. The molecule has 5 rings (SSSR count). The Hall–Kier alpha value is -4.44. The lowest BCUT2D eigenvalue weighted by Gasteiger charge is -2.06. The third-order valence-corrected chi connectivity index (χ3v) is 7.19. The second-order valence-corrected chi connectivity index (χ2v) is 9.52. The van der Waals surface area contributed by atoms with Gasteiger partial charge in [0.15, 0.2) is 17.1 Å². The van der Waals surface area contributed by atoms with Crippen molar-refractivity contribution in [1.82, 2.24) is 14.6 Å². The van der Waals surface area contributed by atoms with Crippen molar-refractivity contribution in [2.75, 3.05) is 12.3 Å². The zero-order valence-corrected chi connectivity index (χ0v) is 19.5. The van der Waals surface area contributed by atoms with E-state index < -0.39 is 9.84 Å². The number of sulfone groups is 1. The van der Waals surface area contributed by atoms with Crippen molar-refractivity contribution in [3.63, 3.8) is 0 Å². The molecule has 2 aromatic heterocycles. The number of fused-ring (bicyclic) bond motifs is 2. The maximum atomic E-state index is 13.6. The number of nitrogens with zero attached hydrogens (tertiary/aromatic N) is 4. The molecule has 0 radical (unpaired) electrons. The highest BCUT2D eigenvalue weighted by molar-refractivity contribution is 7.92. The summed E-state index contributed by atoms with van der Waals surface area (Å²) in [5.41, 5.74) is 8.43. The lowest BCUT2D eigenvalue weighted by molar-refractivity contribution is 0.318. The number of benzene rings is 3. The molecule has 0 saturated heterocycles.